The minimum atomic E-state index is -0.604. The zero-order valence-electron chi connectivity index (χ0n) is 24.4. The number of hydrogen-bond acceptors (Lipinski definition) is 9. The number of benzene rings is 2. The lowest BCUT2D eigenvalue weighted by molar-refractivity contribution is 0.0367. The Balaban J connectivity index is 0.000000640. The summed E-state index contributed by atoms with van der Waals surface area (Å²) in [5.74, 6) is 1.83. The fraction of sp³-hybridized carbons (Fsp3) is 0.406. The number of hydrogen-bond donors (Lipinski definition) is 1. The molecule has 0 atom stereocenters. The monoisotopic (exact) mass is 589 g/mol. The second kappa shape index (κ2) is 15.7. The standard InChI is InChI=1S/C28H26FN5O3.C3H6O.CH4O/c1-34-24-13-20(16-35)4-8-23(24)32-27(34)14-18-2-6-21(7-3-18)37-28-10-11-31-26(33-28)17-36-25-9-5-19(15-30)12-22(25)29;1-2-4-3-1;1-2/h4-5,8-13,16,18,21H,2-3,6-7,14,17H2,1H3;1-3H2;2H,1H3. The Hall–Kier alpha value is -4.40. The summed E-state index contributed by atoms with van der Waals surface area (Å²) in [4.78, 5) is 24.5. The van der Waals surface area contributed by atoms with E-state index < -0.39 is 5.82 Å². The molecule has 0 amide bonds. The van der Waals surface area contributed by atoms with Gasteiger partial charge < -0.3 is 23.9 Å². The van der Waals surface area contributed by atoms with Gasteiger partial charge in [-0.3, -0.25) is 4.79 Å². The Morgan fingerprint density at radius 2 is 1.86 bits per heavy atom. The molecule has 43 heavy (non-hydrogen) atoms. The van der Waals surface area contributed by atoms with Crippen molar-refractivity contribution in [2.24, 2.45) is 13.0 Å². The highest BCUT2D eigenvalue weighted by atomic mass is 19.1. The van der Waals surface area contributed by atoms with Gasteiger partial charge in [-0.25, -0.2) is 14.4 Å². The molecule has 11 heteroatoms. The second-order valence-electron chi connectivity index (χ2n) is 10.2. The molecule has 2 aromatic heterocycles. The molecule has 3 heterocycles. The fourth-order valence-electron chi connectivity index (χ4n) is 4.89. The SMILES string of the molecule is C1COC1.CO.Cn1c(CC2CCC(Oc3ccnc(COc4ccc(C#N)cc4F)n3)CC2)nc2ccc(C=O)cc21. The third-order valence-electron chi connectivity index (χ3n) is 7.36. The van der Waals surface area contributed by atoms with Crippen LogP contribution in [0.1, 0.15) is 59.7 Å². The number of nitriles is 1. The lowest BCUT2D eigenvalue weighted by Crippen LogP contribution is -2.26. The van der Waals surface area contributed by atoms with Crippen molar-refractivity contribution in [2.75, 3.05) is 20.3 Å². The van der Waals surface area contributed by atoms with Crippen LogP contribution in [0.2, 0.25) is 0 Å². The molecular weight excluding hydrogens is 553 g/mol. The van der Waals surface area contributed by atoms with Gasteiger partial charge in [-0.05, 0) is 74.4 Å². The number of aryl methyl sites for hydroxylation is 1. The van der Waals surface area contributed by atoms with E-state index in [4.69, 9.17) is 29.6 Å². The molecule has 226 valence electrons. The molecule has 4 aromatic rings. The van der Waals surface area contributed by atoms with Crippen LogP contribution in [0, 0.1) is 23.1 Å². The first-order chi connectivity index (χ1) is 21.0. The summed E-state index contributed by atoms with van der Waals surface area (Å²) in [5, 5.41) is 15.9. The molecule has 10 nitrogen and oxygen atoms in total. The van der Waals surface area contributed by atoms with Crippen LogP contribution in [0.3, 0.4) is 0 Å². The normalized spacial score (nSPS) is 17.3. The zero-order chi connectivity index (χ0) is 30.6. The molecule has 6 rings (SSSR count). The quantitative estimate of drug-likeness (QED) is 0.283. The van der Waals surface area contributed by atoms with E-state index in [-0.39, 0.29) is 24.0 Å². The summed E-state index contributed by atoms with van der Waals surface area (Å²) in [6, 6.07) is 13.2. The van der Waals surface area contributed by atoms with E-state index >= 15 is 0 Å². The van der Waals surface area contributed by atoms with Crippen LogP contribution >= 0.6 is 0 Å². The topological polar surface area (TPSA) is 132 Å². The van der Waals surface area contributed by atoms with Crippen LogP contribution in [0.15, 0.2) is 48.7 Å². The summed E-state index contributed by atoms with van der Waals surface area (Å²) in [6.07, 6.45) is 8.55. The van der Waals surface area contributed by atoms with Gasteiger partial charge in [0.2, 0.25) is 5.88 Å². The molecule has 1 saturated heterocycles. The maximum atomic E-state index is 14.0. The molecule has 1 N–H and O–H groups in total. The van der Waals surface area contributed by atoms with E-state index in [0.717, 1.165) is 81.6 Å². The molecule has 2 aromatic carbocycles. The summed E-state index contributed by atoms with van der Waals surface area (Å²) in [7, 11) is 3.00. The zero-order valence-corrected chi connectivity index (χ0v) is 24.4. The smallest absolute Gasteiger partial charge is 0.216 e. The average Bonchev–Trinajstić information content (AvgIpc) is 3.31. The van der Waals surface area contributed by atoms with E-state index in [1.54, 1.807) is 18.3 Å². The molecule has 1 saturated carbocycles. The van der Waals surface area contributed by atoms with Gasteiger partial charge in [-0.15, -0.1) is 0 Å². The third kappa shape index (κ3) is 8.56. The third-order valence-corrected chi connectivity index (χ3v) is 7.36. The number of imidazole rings is 1. The molecule has 0 spiro atoms. The van der Waals surface area contributed by atoms with Crippen molar-refractivity contribution in [3.05, 3.63) is 77.3 Å². The molecule has 2 fully saturated rings. The lowest BCUT2D eigenvalue weighted by atomic mass is 9.85. The number of aromatic nitrogens is 4. The van der Waals surface area contributed by atoms with Crippen LogP contribution in [0.4, 0.5) is 4.39 Å². The Kier molecular flexibility index (Phi) is 11.5. The summed E-state index contributed by atoms with van der Waals surface area (Å²) >= 11 is 0. The van der Waals surface area contributed by atoms with Crippen LogP contribution in [-0.4, -0.2) is 57.3 Å². The van der Waals surface area contributed by atoms with E-state index in [0.29, 0.717) is 23.2 Å². The molecule has 0 bridgehead atoms. The van der Waals surface area contributed by atoms with Crippen molar-refractivity contribution in [2.45, 2.75) is 51.2 Å². The summed E-state index contributed by atoms with van der Waals surface area (Å²) in [5.41, 5.74) is 2.76. The number of carbonyl (C=O) groups is 1. The fourth-order valence-corrected chi connectivity index (χ4v) is 4.89. The number of halogens is 1. The van der Waals surface area contributed by atoms with E-state index in [2.05, 4.69) is 14.5 Å². The number of aldehydes is 1. The Bertz CT molecular complexity index is 1540. The first kappa shape index (κ1) is 31.5. The summed E-state index contributed by atoms with van der Waals surface area (Å²) < 4.78 is 32.5. The van der Waals surface area contributed by atoms with Crippen molar-refractivity contribution < 1.29 is 28.5 Å². The summed E-state index contributed by atoms with van der Waals surface area (Å²) in [6.45, 7) is 1.99. The van der Waals surface area contributed by atoms with Crippen LogP contribution in [0.25, 0.3) is 11.0 Å². The first-order valence-corrected chi connectivity index (χ1v) is 14.3. The Labute approximate surface area is 250 Å². The first-order valence-electron chi connectivity index (χ1n) is 14.3. The van der Waals surface area contributed by atoms with Crippen molar-refractivity contribution in [3.63, 3.8) is 0 Å². The molecule has 2 aliphatic rings. The van der Waals surface area contributed by atoms with Gasteiger partial charge >= 0.3 is 0 Å². The van der Waals surface area contributed by atoms with Crippen molar-refractivity contribution in [3.8, 4) is 17.7 Å². The largest absolute Gasteiger partial charge is 0.483 e. The molecule has 0 radical (unpaired) electrons. The molecule has 1 aliphatic carbocycles. The average molecular weight is 590 g/mol. The van der Waals surface area contributed by atoms with Gasteiger partial charge in [0.25, 0.3) is 0 Å². The van der Waals surface area contributed by atoms with Crippen LogP contribution in [0.5, 0.6) is 11.6 Å². The maximum absolute atomic E-state index is 14.0. The maximum Gasteiger partial charge on any atom is 0.216 e. The number of aliphatic hydroxyl groups excluding tert-OH is 1. The van der Waals surface area contributed by atoms with Gasteiger partial charge in [0, 0.05) is 51.6 Å². The highest BCUT2D eigenvalue weighted by Gasteiger charge is 2.25. The van der Waals surface area contributed by atoms with Crippen LogP contribution in [-0.2, 0) is 24.8 Å². The van der Waals surface area contributed by atoms with Gasteiger partial charge in [0.05, 0.1) is 22.7 Å². The molecular formula is C32H36FN5O5. The van der Waals surface area contributed by atoms with Crippen molar-refractivity contribution >= 4 is 17.3 Å². The van der Waals surface area contributed by atoms with E-state index in [1.807, 2.05) is 25.2 Å². The van der Waals surface area contributed by atoms with Gasteiger partial charge in [-0.1, -0.05) is 0 Å². The van der Waals surface area contributed by atoms with Crippen LogP contribution < -0.4 is 9.47 Å². The Morgan fingerprint density at radius 3 is 2.51 bits per heavy atom. The van der Waals surface area contributed by atoms with Gasteiger partial charge in [-0.2, -0.15) is 10.2 Å². The highest BCUT2D eigenvalue weighted by Crippen LogP contribution is 2.30. The van der Waals surface area contributed by atoms with Gasteiger partial charge in [0.1, 0.15) is 24.8 Å². The lowest BCUT2D eigenvalue weighted by Gasteiger charge is -2.28. The minimum absolute atomic E-state index is 0.0148. The number of fused-ring (bicyclic) bond motifs is 1. The van der Waals surface area contributed by atoms with Crippen molar-refractivity contribution in [1.82, 2.24) is 19.5 Å². The van der Waals surface area contributed by atoms with Crippen molar-refractivity contribution in [1.29, 1.82) is 5.26 Å². The highest BCUT2D eigenvalue weighted by molar-refractivity contribution is 5.85. The van der Waals surface area contributed by atoms with E-state index in [9.17, 15) is 9.18 Å². The minimum Gasteiger partial charge on any atom is -0.483 e. The Morgan fingerprint density at radius 1 is 1.12 bits per heavy atom. The number of ether oxygens (including phenoxy) is 3. The predicted molar refractivity (Wildman–Crippen MR) is 157 cm³/mol. The van der Waals surface area contributed by atoms with E-state index in [1.165, 1.54) is 18.6 Å². The number of nitrogens with zero attached hydrogens (tertiary/aromatic N) is 5. The second-order valence-corrected chi connectivity index (χ2v) is 10.2. The van der Waals surface area contributed by atoms with Gasteiger partial charge in [0.15, 0.2) is 17.4 Å². The predicted octanol–water partition coefficient (Wildman–Crippen LogP) is 4.96. The number of rotatable bonds is 8. The number of carbonyl (C=O) groups excluding carboxylic acids is 1. The number of aliphatic hydroxyl groups is 1. The molecule has 0 unspecified atom stereocenters. The molecule has 1 aliphatic heterocycles.